The van der Waals surface area contributed by atoms with E-state index in [4.69, 9.17) is 14.6 Å². The van der Waals surface area contributed by atoms with Crippen molar-refractivity contribution in [2.75, 3.05) is 55.9 Å². The lowest BCUT2D eigenvalue weighted by Gasteiger charge is -2.36. The van der Waals surface area contributed by atoms with Crippen LogP contribution in [0.1, 0.15) is 44.1 Å². The molecule has 1 N–H and O–H groups in total. The number of hydrogen-bond donors (Lipinski definition) is 1. The Morgan fingerprint density at radius 3 is 2.61 bits per heavy atom. The van der Waals surface area contributed by atoms with Crippen molar-refractivity contribution in [1.29, 1.82) is 0 Å². The summed E-state index contributed by atoms with van der Waals surface area (Å²) >= 11 is 1.79. The van der Waals surface area contributed by atoms with E-state index in [-0.39, 0.29) is 31.9 Å². The number of esters is 1. The van der Waals surface area contributed by atoms with Crippen LogP contribution < -0.4 is 14.5 Å². The van der Waals surface area contributed by atoms with Crippen molar-refractivity contribution >= 4 is 50.6 Å². The van der Waals surface area contributed by atoms with E-state index in [0.717, 1.165) is 51.1 Å². The molecule has 5 rings (SSSR count). The minimum Gasteiger partial charge on any atom is -0.494 e. The SMILES string of the molecule is O=C(O)CCCC(=O)OCN1C(=O)CCc2ccc(OCCCCN3CCN(c4cccc5sccc45)CC3)cc21. The Bertz CT molecular complexity index is 1370. The van der Waals surface area contributed by atoms with E-state index in [1.54, 1.807) is 11.3 Å². The van der Waals surface area contributed by atoms with Crippen molar-refractivity contribution in [2.45, 2.75) is 44.9 Å². The van der Waals surface area contributed by atoms with Gasteiger partial charge in [-0.15, -0.1) is 11.3 Å². The van der Waals surface area contributed by atoms with Gasteiger partial charge in [-0.05, 0) is 67.4 Å². The number of carboxylic acids is 1. The Labute approximate surface area is 244 Å². The summed E-state index contributed by atoms with van der Waals surface area (Å²) in [6, 6.07) is 14.5. The molecule has 0 unspecified atom stereocenters. The Hall–Kier alpha value is -3.63. The lowest BCUT2D eigenvalue weighted by Crippen LogP contribution is -2.46. The van der Waals surface area contributed by atoms with Crippen LogP contribution in [0.4, 0.5) is 11.4 Å². The second kappa shape index (κ2) is 13.8. The highest BCUT2D eigenvalue weighted by Gasteiger charge is 2.26. The Kier molecular flexibility index (Phi) is 9.74. The van der Waals surface area contributed by atoms with Crippen molar-refractivity contribution in [3.8, 4) is 5.75 Å². The van der Waals surface area contributed by atoms with Crippen LogP contribution >= 0.6 is 11.3 Å². The summed E-state index contributed by atoms with van der Waals surface area (Å²) < 4.78 is 12.6. The molecule has 218 valence electrons. The number of unbranched alkanes of at least 4 members (excludes halogenated alkanes) is 1. The number of benzene rings is 2. The molecule has 1 amide bonds. The second-order valence-electron chi connectivity index (χ2n) is 10.5. The first-order chi connectivity index (χ1) is 20.0. The van der Waals surface area contributed by atoms with Crippen LogP contribution in [0.5, 0.6) is 5.75 Å². The first-order valence-electron chi connectivity index (χ1n) is 14.3. The van der Waals surface area contributed by atoms with E-state index in [0.29, 0.717) is 30.9 Å². The molecule has 2 aliphatic heterocycles. The number of carboxylic acid groups (broad SMARTS) is 1. The number of piperazine rings is 1. The van der Waals surface area contributed by atoms with Crippen molar-refractivity contribution in [3.63, 3.8) is 0 Å². The van der Waals surface area contributed by atoms with Crippen LogP contribution in [-0.2, 0) is 25.5 Å². The molecule has 1 saturated heterocycles. The number of anilines is 2. The molecule has 3 heterocycles. The van der Waals surface area contributed by atoms with Crippen LogP contribution in [0.15, 0.2) is 47.8 Å². The van der Waals surface area contributed by atoms with Crippen LogP contribution in [0.3, 0.4) is 0 Å². The van der Waals surface area contributed by atoms with Gasteiger partial charge in [0.1, 0.15) is 5.75 Å². The van der Waals surface area contributed by atoms with Crippen LogP contribution in [0, 0.1) is 0 Å². The van der Waals surface area contributed by atoms with E-state index < -0.39 is 11.9 Å². The number of aliphatic carboxylic acids is 1. The molecule has 3 aromatic rings. The third-order valence-electron chi connectivity index (χ3n) is 7.71. The number of aryl methyl sites for hydroxylation is 1. The number of ether oxygens (including phenoxy) is 2. The fourth-order valence-corrected chi connectivity index (χ4v) is 6.24. The number of fused-ring (bicyclic) bond motifs is 2. The molecule has 0 saturated carbocycles. The monoisotopic (exact) mass is 579 g/mol. The fourth-order valence-electron chi connectivity index (χ4n) is 5.43. The summed E-state index contributed by atoms with van der Waals surface area (Å²) in [4.78, 5) is 41.7. The number of rotatable bonds is 13. The average Bonchev–Trinajstić information content (AvgIpc) is 3.46. The maximum Gasteiger partial charge on any atom is 0.307 e. The number of nitrogens with zero attached hydrogens (tertiary/aromatic N) is 3. The predicted octanol–water partition coefficient (Wildman–Crippen LogP) is 4.92. The van der Waals surface area contributed by atoms with Gasteiger partial charge in [-0.1, -0.05) is 12.1 Å². The van der Waals surface area contributed by atoms with E-state index >= 15 is 0 Å². The molecule has 0 atom stereocenters. The topological polar surface area (TPSA) is 99.6 Å². The van der Waals surface area contributed by atoms with Gasteiger partial charge in [-0.2, -0.15) is 0 Å². The van der Waals surface area contributed by atoms with Crippen molar-refractivity contribution < 1.29 is 29.0 Å². The third kappa shape index (κ3) is 7.56. The van der Waals surface area contributed by atoms with Gasteiger partial charge in [0, 0.05) is 67.3 Å². The maximum absolute atomic E-state index is 12.6. The fraction of sp³-hybridized carbons (Fsp3) is 0.452. The van der Waals surface area contributed by atoms with Crippen molar-refractivity contribution in [1.82, 2.24) is 4.90 Å². The van der Waals surface area contributed by atoms with Crippen molar-refractivity contribution in [3.05, 3.63) is 53.4 Å². The van der Waals surface area contributed by atoms with Gasteiger partial charge in [-0.3, -0.25) is 24.2 Å². The van der Waals surface area contributed by atoms with Gasteiger partial charge in [0.05, 0.1) is 12.3 Å². The molecule has 2 aliphatic rings. The molecule has 10 heteroatoms. The van der Waals surface area contributed by atoms with Gasteiger partial charge in [0.2, 0.25) is 5.91 Å². The molecule has 2 aromatic carbocycles. The number of carbonyl (C=O) groups excluding carboxylic acids is 2. The molecular weight excluding hydrogens is 542 g/mol. The van der Waals surface area contributed by atoms with Crippen molar-refractivity contribution in [2.24, 2.45) is 0 Å². The summed E-state index contributed by atoms with van der Waals surface area (Å²) in [5, 5.41) is 12.2. The second-order valence-corrected chi connectivity index (χ2v) is 11.4. The first-order valence-corrected chi connectivity index (χ1v) is 15.2. The highest BCUT2D eigenvalue weighted by atomic mass is 32.1. The van der Waals surface area contributed by atoms with E-state index in [1.807, 2.05) is 18.2 Å². The third-order valence-corrected chi connectivity index (χ3v) is 8.59. The Morgan fingerprint density at radius 1 is 0.927 bits per heavy atom. The summed E-state index contributed by atoms with van der Waals surface area (Å²) in [6.45, 7) is 5.63. The molecule has 1 aromatic heterocycles. The molecule has 0 radical (unpaired) electrons. The lowest BCUT2D eigenvalue weighted by atomic mass is 10.0. The minimum atomic E-state index is -0.952. The molecule has 41 heavy (non-hydrogen) atoms. The van der Waals surface area contributed by atoms with Gasteiger partial charge in [0.15, 0.2) is 6.73 Å². The summed E-state index contributed by atoms with van der Waals surface area (Å²) in [5.74, 6) is -0.890. The zero-order valence-corrected chi connectivity index (χ0v) is 24.1. The smallest absolute Gasteiger partial charge is 0.307 e. The van der Waals surface area contributed by atoms with Crippen LogP contribution in [0.25, 0.3) is 10.1 Å². The minimum absolute atomic E-state index is 0.00561. The van der Waals surface area contributed by atoms with E-state index in [2.05, 4.69) is 39.4 Å². The summed E-state index contributed by atoms with van der Waals surface area (Å²) in [7, 11) is 0. The Morgan fingerprint density at radius 2 is 1.78 bits per heavy atom. The number of amides is 1. The zero-order valence-electron chi connectivity index (χ0n) is 23.3. The van der Waals surface area contributed by atoms with Crippen LogP contribution in [-0.4, -0.2) is 73.9 Å². The van der Waals surface area contributed by atoms with Gasteiger partial charge < -0.3 is 19.5 Å². The van der Waals surface area contributed by atoms with Gasteiger partial charge in [0.25, 0.3) is 0 Å². The lowest BCUT2D eigenvalue weighted by molar-refractivity contribution is -0.144. The standard InChI is InChI=1S/C31H37N3O6S/c35-29-12-10-23-9-11-24(21-27(23)34(29)22-40-31(38)8-4-7-30(36)37)39-19-2-1-14-32-15-17-33(18-16-32)26-5-3-6-28-25(26)13-20-41-28/h3,5-6,9,11,13,20-21H,1-2,4,7-8,10,12,14-19,22H2,(H,36,37). The molecule has 0 bridgehead atoms. The van der Waals surface area contributed by atoms with E-state index in [9.17, 15) is 14.4 Å². The highest BCUT2D eigenvalue weighted by molar-refractivity contribution is 7.17. The summed E-state index contributed by atoms with van der Waals surface area (Å²) in [5.41, 5.74) is 3.05. The van der Waals surface area contributed by atoms with Crippen LogP contribution in [0.2, 0.25) is 0 Å². The Balaban J connectivity index is 1.04. The average molecular weight is 580 g/mol. The largest absolute Gasteiger partial charge is 0.494 e. The number of carbonyl (C=O) groups is 3. The molecule has 1 fully saturated rings. The van der Waals surface area contributed by atoms with Gasteiger partial charge in [-0.25, -0.2) is 0 Å². The number of thiophene rings is 1. The summed E-state index contributed by atoms with van der Waals surface area (Å²) in [6.07, 6.45) is 3.08. The zero-order chi connectivity index (χ0) is 28.6. The molecule has 0 spiro atoms. The predicted molar refractivity (Wildman–Crippen MR) is 160 cm³/mol. The quantitative estimate of drug-likeness (QED) is 0.225. The van der Waals surface area contributed by atoms with Gasteiger partial charge >= 0.3 is 11.9 Å². The molecule has 0 aliphatic carbocycles. The molecule has 9 nitrogen and oxygen atoms in total. The number of hydrogen-bond acceptors (Lipinski definition) is 8. The maximum atomic E-state index is 12.6. The molecular formula is C31H37N3O6S. The highest BCUT2D eigenvalue weighted by Crippen LogP contribution is 2.32. The normalized spacial score (nSPS) is 15.7. The van der Waals surface area contributed by atoms with E-state index in [1.165, 1.54) is 20.7 Å². The first kappa shape index (κ1) is 28.9.